The molecule has 162 valence electrons. The third-order valence-electron chi connectivity index (χ3n) is 5.50. The van der Waals surface area contributed by atoms with E-state index in [0.717, 1.165) is 18.7 Å². The van der Waals surface area contributed by atoms with Gasteiger partial charge in [0.1, 0.15) is 11.8 Å². The molecule has 3 aromatic heterocycles. The molecule has 0 aromatic carbocycles. The Morgan fingerprint density at radius 2 is 2.32 bits per heavy atom. The third-order valence-corrected chi connectivity index (χ3v) is 5.80. The van der Waals surface area contributed by atoms with Crippen LogP contribution in [0, 0.1) is 0 Å². The van der Waals surface area contributed by atoms with E-state index in [1.54, 1.807) is 17.3 Å². The number of nitrogens with one attached hydrogen (secondary N) is 2. The Bertz CT molecular complexity index is 1120. The molecule has 0 bridgehead atoms. The van der Waals surface area contributed by atoms with Crippen LogP contribution in [-0.2, 0) is 9.53 Å². The second kappa shape index (κ2) is 8.20. The molecule has 10 nitrogen and oxygen atoms in total. The van der Waals surface area contributed by atoms with Crippen molar-refractivity contribution < 1.29 is 14.3 Å². The SMILES string of the molecule is C=CC(=O)N1CCC(Oc2nc(Nc3cnn([C@H]4CCOC4)c3)nc3[nH]cc(Cl)c23)C1. The molecule has 0 saturated carbocycles. The molecule has 0 aliphatic carbocycles. The largest absolute Gasteiger partial charge is 0.472 e. The maximum Gasteiger partial charge on any atom is 0.246 e. The maximum atomic E-state index is 11.9. The van der Waals surface area contributed by atoms with Crippen molar-refractivity contribution in [3.05, 3.63) is 36.3 Å². The summed E-state index contributed by atoms with van der Waals surface area (Å²) in [4.78, 5) is 25.7. The van der Waals surface area contributed by atoms with Gasteiger partial charge in [0, 0.05) is 32.0 Å². The smallest absolute Gasteiger partial charge is 0.246 e. The molecule has 5 heterocycles. The normalized spacial score (nSPS) is 21.0. The van der Waals surface area contributed by atoms with Crippen molar-refractivity contribution in [2.24, 2.45) is 0 Å². The minimum atomic E-state index is -0.189. The number of carbonyl (C=O) groups is 1. The van der Waals surface area contributed by atoms with Gasteiger partial charge >= 0.3 is 0 Å². The first kappa shape index (κ1) is 19.8. The van der Waals surface area contributed by atoms with Gasteiger partial charge in [0.25, 0.3) is 0 Å². The molecule has 2 aliphatic rings. The van der Waals surface area contributed by atoms with Crippen LogP contribution in [0.5, 0.6) is 5.88 Å². The van der Waals surface area contributed by atoms with Gasteiger partial charge in [-0.2, -0.15) is 15.1 Å². The number of nitrogens with zero attached hydrogens (tertiary/aromatic N) is 5. The highest BCUT2D eigenvalue weighted by atomic mass is 35.5. The van der Waals surface area contributed by atoms with Crippen molar-refractivity contribution in [1.29, 1.82) is 0 Å². The highest BCUT2D eigenvalue weighted by molar-refractivity contribution is 6.35. The number of rotatable bonds is 6. The van der Waals surface area contributed by atoms with Crippen molar-refractivity contribution in [2.45, 2.75) is 25.0 Å². The Kier molecular flexibility index (Phi) is 5.24. The van der Waals surface area contributed by atoms with Crippen LogP contribution < -0.4 is 10.1 Å². The highest BCUT2D eigenvalue weighted by Gasteiger charge is 2.28. The predicted molar refractivity (Wildman–Crippen MR) is 115 cm³/mol. The van der Waals surface area contributed by atoms with Crippen LogP contribution >= 0.6 is 11.6 Å². The van der Waals surface area contributed by atoms with Gasteiger partial charge in [-0.25, -0.2) is 0 Å². The molecule has 2 N–H and O–H groups in total. The van der Waals surface area contributed by atoms with Crippen LogP contribution in [0.1, 0.15) is 18.9 Å². The maximum absolute atomic E-state index is 11.9. The van der Waals surface area contributed by atoms with E-state index in [9.17, 15) is 4.79 Å². The number of aromatic nitrogens is 5. The summed E-state index contributed by atoms with van der Waals surface area (Å²) < 4.78 is 13.5. The van der Waals surface area contributed by atoms with Crippen LogP contribution in [0.3, 0.4) is 0 Å². The topological polar surface area (TPSA) is 110 Å². The summed E-state index contributed by atoms with van der Waals surface area (Å²) in [6.07, 6.45) is 8.05. The van der Waals surface area contributed by atoms with Gasteiger partial charge in [-0.3, -0.25) is 9.48 Å². The number of aromatic amines is 1. The van der Waals surface area contributed by atoms with Crippen molar-refractivity contribution in [3.63, 3.8) is 0 Å². The Balaban J connectivity index is 1.38. The van der Waals surface area contributed by atoms with E-state index in [1.165, 1.54) is 6.08 Å². The van der Waals surface area contributed by atoms with E-state index < -0.39 is 0 Å². The summed E-state index contributed by atoms with van der Waals surface area (Å²) in [6, 6.07) is 0.239. The molecule has 0 spiro atoms. The first-order chi connectivity index (χ1) is 15.1. The number of likely N-dealkylation sites (tertiary alicyclic amines) is 1. The lowest BCUT2D eigenvalue weighted by Gasteiger charge is -2.16. The Morgan fingerprint density at radius 3 is 3.13 bits per heavy atom. The fourth-order valence-electron chi connectivity index (χ4n) is 3.88. The molecule has 2 saturated heterocycles. The highest BCUT2D eigenvalue weighted by Crippen LogP contribution is 2.33. The van der Waals surface area contributed by atoms with Crippen molar-refractivity contribution in [3.8, 4) is 5.88 Å². The first-order valence-corrected chi connectivity index (χ1v) is 10.5. The standard InChI is InChI=1S/C20H22ClN7O3/c1-2-16(29)27-5-3-14(10-27)31-19-17-15(21)8-22-18(17)25-20(26-19)24-12-7-23-28(9-12)13-4-6-30-11-13/h2,7-9,13-14H,1,3-6,10-11H2,(H2,22,24,25,26)/t13-,14?/m0/s1. The second-order valence-corrected chi connectivity index (χ2v) is 7.99. The number of amides is 1. The number of halogens is 1. The molecule has 0 radical (unpaired) electrons. The van der Waals surface area contributed by atoms with E-state index in [2.05, 4.69) is 31.9 Å². The van der Waals surface area contributed by atoms with Crippen LogP contribution in [0.4, 0.5) is 11.6 Å². The lowest BCUT2D eigenvalue weighted by atomic mass is 10.3. The van der Waals surface area contributed by atoms with Crippen molar-refractivity contribution in [2.75, 3.05) is 31.6 Å². The van der Waals surface area contributed by atoms with Gasteiger partial charge in [-0.1, -0.05) is 18.2 Å². The fraction of sp³-hybridized carbons (Fsp3) is 0.400. The van der Waals surface area contributed by atoms with E-state index in [-0.39, 0.29) is 18.1 Å². The zero-order chi connectivity index (χ0) is 21.4. The van der Waals surface area contributed by atoms with Crippen LogP contribution in [0.15, 0.2) is 31.2 Å². The molecule has 1 unspecified atom stereocenters. The third kappa shape index (κ3) is 3.96. The van der Waals surface area contributed by atoms with Gasteiger partial charge in [0.15, 0.2) is 0 Å². The number of anilines is 2. The number of carbonyl (C=O) groups excluding carboxylic acids is 1. The second-order valence-electron chi connectivity index (χ2n) is 7.58. The van der Waals surface area contributed by atoms with Crippen molar-refractivity contribution >= 4 is 40.2 Å². The van der Waals surface area contributed by atoms with Gasteiger partial charge in [0.2, 0.25) is 17.7 Å². The molecule has 2 fully saturated rings. The summed E-state index contributed by atoms with van der Waals surface area (Å²) in [5.74, 6) is 0.624. The Morgan fingerprint density at radius 1 is 1.42 bits per heavy atom. The molecule has 5 rings (SSSR count). The minimum absolute atomic E-state index is 0.106. The molecule has 2 aliphatic heterocycles. The van der Waals surface area contributed by atoms with E-state index >= 15 is 0 Å². The van der Waals surface area contributed by atoms with Gasteiger partial charge in [-0.15, -0.1) is 0 Å². The number of hydrogen-bond acceptors (Lipinski definition) is 7. The molecule has 1 amide bonds. The van der Waals surface area contributed by atoms with E-state index in [4.69, 9.17) is 21.1 Å². The number of ether oxygens (including phenoxy) is 2. The summed E-state index contributed by atoms with van der Waals surface area (Å²) in [6.45, 7) is 6.03. The van der Waals surface area contributed by atoms with Crippen LogP contribution in [0.2, 0.25) is 5.02 Å². The summed E-state index contributed by atoms with van der Waals surface area (Å²) in [7, 11) is 0. The van der Waals surface area contributed by atoms with E-state index in [0.29, 0.717) is 54.0 Å². The summed E-state index contributed by atoms with van der Waals surface area (Å²) in [5.41, 5.74) is 1.32. The van der Waals surface area contributed by atoms with Crippen LogP contribution in [-0.4, -0.2) is 67.9 Å². The quantitative estimate of drug-likeness (QED) is 0.563. The van der Waals surface area contributed by atoms with Crippen LogP contribution in [0.25, 0.3) is 11.0 Å². The monoisotopic (exact) mass is 443 g/mol. The van der Waals surface area contributed by atoms with Gasteiger partial charge in [-0.05, 0) is 12.5 Å². The Labute approximate surface area is 183 Å². The summed E-state index contributed by atoms with van der Waals surface area (Å²) in [5, 5.41) is 8.68. The lowest BCUT2D eigenvalue weighted by molar-refractivity contribution is -0.125. The molecule has 2 atom stereocenters. The minimum Gasteiger partial charge on any atom is -0.472 e. The lowest BCUT2D eigenvalue weighted by Crippen LogP contribution is -2.29. The fourth-order valence-corrected chi connectivity index (χ4v) is 4.10. The average Bonchev–Trinajstić information content (AvgIpc) is 3.55. The molecule has 11 heteroatoms. The molecule has 3 aromatic rings. The number of hydrogen-bond donors (Lipinski definition) is 2. The average molecular weight is 444 g/mol. The number of fused-ring (bicyclic) bond motifs is 1. The van der Waals surface area contributed by atoms with Gasteiger partial charge in [0.05, 0.1) is 41.5 Å². The van der Waals surface area contributed by atoms with Crippen molar-refractivity contribution in [1.82, 2.24) is 29.6 Å². The Hall–Kier alpha value is -3.11. The molecular formula is C20H22ClN7O3. The number of H-pyrrole nitrogens is 1. The zero-order valence-electron chi connectivity index (χ0n) is 16.8. The first-order valence-electron chi connectivity index (χ1n) is 10.1. The van der Waals surface area contributed by atoms with Gasteiger partial charge < -0.3 is 24.7 Å². The predicted octanol–water partition coefficient (Wildman–Crippen LogP) is 2.68. The summed E-state index contributed by atoms with van der Waals surface area (Å²) >= 11 is 6.34. The molecule has 31 heavy (non-hydrogen) atoms. The molecular weight excluding hydrogens is 422 g/mol. The van der Waals surface area contributed by atoms with E-state index in [1.807, 2.05) is 10.9 Å². The zero-order valence-corrected chi connectivity index (χ0v) is 17.5.